The molecule has 1 heterocycles. The Balaban J connectivity index is 1.61. The smallest absolute Gasteiger partial charge is 0.310 e. The molecule has 206 valence electrons. The Hall–Kier alpha value is -3.33. The van der Waals surface area contributed by atoms with Crippen LogP contribution in [0, 0.1) is 0 Å². The summed E-state index contributed by atoms with van der Waals surface area (Å²) in [5.74, 6) is 0.313. The van der Waals surface area contributed by atoms with Crippen LogP contribution < -0.4 is 9.46 Å². The molecule has 4 rings (SSSR count). The molecule has 8 heteroatoms. The van der Waals surface area contributed by atoms with Crippen LogP contribution >= 0.6 is 0 Å². The Kier molecular flexibility index (Phi) is 9.32. The number of nitrogens with one attached hydrogen (secondary N) is 1. The number of hydrogen-bond acceptors (Lipinski definition) is 6. The van der Waals surface area contributed by atoms with Gasteiger partial charge in [0.25, 0.3) is 0 Å². The summed E-state index contributed by atoms with van der Waals surface area (Å²) in [6.07, 6.45) is 1.77. The average molecular weight is 552 g/mol. The van der Waals surface area contributed by atoms with Gasteiger partial charge in [-0.3, -0.25) is 4.79 Å². The van der Waals surface area contributed by atoms with Crippen molar-refractivity contribution in [3.8, 4) is 16.9 Å². The van der Waals surface area contributed by atoms with Crippen LogP contribution in [-0.4, -0.2) is 28.6 Å². The van der Waals surface area contributed by atoms with Gasteiger partial charge < -0.3 is 18.4 Å². The SMILES string of the molecule is CCOC(=O)Cc1ccccc1OCc1cc(-c2cccc(C(CF)N[S+]([O-])C(C)(C)C)c2)c2occc2c1. The third-order valence-corrected chi connectivity index (χ3v) is 7.79. The van der Waals surface area contributed by atoms with E-state index < -0.39 is 28.8 Å². The molecule has 1 aromatic heterocycles. The van der Waals surface area contributed by atoms with Crippen LogP contribution in [0.3, 0.4) is 0 Å². The monoisotopic (exact) mass is 551 g/mol. The number of alkyl halides is 1. The van der Waals surface area contributed by atoms with Gasteiger partial charge in [0, 0.05) is 27.9 Å². The Bertz CT molecular complexity index is 1410. The van der Waals surface area contributed by atoms with Crippen LogP contribution in [-0.2, 0) is 33.9 Å². The van der Waals surface area contributed by atoms with Gasteiger partial charge >= 0.3 is 5.97 Å². The van der Waals surface area contributed by atoms with Crippen molar-refractivity contribution in [1.82, 2.24) is 4.72 Å². The first-order chi connectivity index (χ1) is 18.7. The fourth-order valence-electron chi connectivity index (χ4n) is 4.18. The summed E-state index contributed by atoms with van der Waals surface area (Å²) in [5.41, 5.74) is 4.75. The van der Waals surface area contributed by atoms with Gasteiger partial charge in [-0.05, 0) is 74.7 Å². The van der Waals surface area contributed by atoms with Gasteiger partial charge in [0.2, 0.25) is 0 Å². The topological polar surface area (TPSA) is 83.8 Å². The molecule has 0 aliphatic rings. The number of fused-ring (bicyclic) bond motifs is 1. The lowest BCUT2D eigenvalue weighted by Crippen LogP contribution is -2.41. The second-order valence-corrected chi connectivity index (χ2v) is 12.2. The summed E-state index contributed by atoms with van der Waals surface area (Å²) in [6, 6.07) is 20.1. The van der Waals surface area contributed by atoms with Gasteiger partial charge in [-0.2, -0.15) is 0 Å². The zero-order valence-electron chi connectivity index (χ0n) is 22.7. The first-order valence-electron chi connectivity index (χ1n) is 12.9. The summed E-state index contributed by atoms with van der Waals surface area (Å²) >= 11 is -1.42. The second-order valence-electron chi connectivity index (χ2n) is 10.2. The molecule has 2 unspecified atom stereocenters. The maximum Gasteiger partial charge on any atom is 0.310 e. The third kappa shape index (κ3) is 7.20. The van der Waals surface area contributed by atoms with Crippen molar-refractivity contribution in [2.24, 2.45) is 0 Å². The van der Waals surface area contributed by atoms with E-state index in [-0.39, 0.29) is 19.0 Å². The van der Waals surface area contributed by atoms with E-state index in [4.69, 9.17) is 13.9 Å². The number of para-hydroxylation sites is 1. The van der Waals surface area contributed by atoms with E-state index in [2.05, 4.69) is 4.72 Å². The number of carbonyl (C=O) groups excluding carboxylic acids is 1. The lowest BCUT2D eigenvalue weighted by Gasteiger charge is -2.27. The fraction of sp³-hybridized carbons (Fsp3) is 0.323. The van der Waals surface area contributed by atoms with Gasteiger partial charge in [0.1, 0.15) is 35.4 Å². The first-order valence-corrected chi connectivity index (χ1v) is 14.1. The van der Waals surface area contributed by atoms with Crippen molar-refractivity contribution in [2.75, 3.05) is 13.3 Å². The lowest BCUT2D eigenvalue weighted by atomic mass is 9.97. The zero-order valence-corrected chi connectivity index (χ0v) is 23.5. The van der Waals surface area contributed by atoms with Crippen molar-refractivity contribution in [3.05, 3.63) is 89.7 Å². The molecule has 6 nitrogen and oxygen atoms in total. The lowest BCUT2D eigenvalue weighted by molar-refractivity contribution is -0.142. The molecular weight excluding hydrogens is 517 g/mol. The molecule has 4 aromatic rings. The average Bonchev–Trinajstić information content (AvgIpc) is 3.39. The second kappa shape index (κ2) is 12.7. The summed E-state index contributed by atoms with van der Waals surface area (Å²) in [5, 5.41) is 0.908. The number of esters is 1. The van der Waals surface area contributed by atoms with Crippen molar-refractivity contribution in [1.29, 1.82) is 0 Å². The van der Waals surface area contributed by atoms with Crippen LogP contribution in [0.25, 0.3) is 22.1 Å². The number of hydrogen-bond donors (Lipinski definition) is 1. The van der Waals surface area contributed by atoms with E-state index in [0.29, 0.717) is 23.5 Å². The molecule has 3 aromatic carbocycles. The minimum absolute atomic E-state index is 0.132. The van der Waals surface area contributed by atoms with Crippen molar-refractivity contribution < 1.29 is 27.6 Å². The van der Waals surface area contributed by atoms with E-state index in [1.165, 1.54) is 0 Å². The normalized spacial score (nSPS) is 13.3. The van der Waals surface area contributed by atoms with Gasteiger partial charge in [-0.15, -0.1) is 4.72 Å². The van der Waals surface area contributed by atoms with E-state index in [1.807, 2.05) is 87.5 Å². The molecule has 0 aliphatic carbocycles. The summed E-state index contributed by atoms with van der Waals surface area (Å²) in [6.45, 7) is 7.22. The van der Waals surface area contributed by atoms with Crippen molar-refractivity contribution >= 4 is 28.3 Å². The highest BCUT2D eigenvalue weighted by atomic mass is 32.2. The predicted octanol–water partition coefficient (Wildman–Crippen LogP) is 6.85. The molecular formula is C31H34FNO5S. The Morgan fingerprint density at radius 2 is 1.90 bits per heavy atom. The number of benzene rings is 3. The van der Waals surface area contributed by atoms with Gasteiger partial charge in [-0.25, -0.2) is 4.39 Å². The Morgan fingerprint density at radius 1 is 1.10 bits per heavy atom. The van der Waals surface area contributed by atoms with E-state index in [1.54, 1.807) is 13.2 Å². The van der Waals surface area contributed by atoms with Crippen LogP contribution in [0.2, 0.25) is 0 Å². The van der Waals surface area contributed by atoms with Gasteiger partial charge in [-0.1, -0.05) is 36.4 Å². The van der Waals surface area contributed by atoms with Crippen LogP contribution in [0.15, 0.2) is 77.4 Å². The summed E-state index contributed by atoms with van der Waals surface area (Å²) in [4.78, 5) is 12.0. The van der Waals surface area contributed by atoms with Crippen LogP contribution in [0.4, 0.5) is 4.39 Å². The third-order valence-electron chi connectivity index (χ3n) is 6.18. The van der Waals surface area contributed by atoms with E-state index in [0.717, 1.165) is 27.6 Å². The summed E-state index contributed by atoms with van der Waals surface area (Å²) in [7, 11) is 0. The Morgan fingerprint density at radius 3 is 2.64 bits per heavy atom. The molecule has 0 spiro atoms. The maximum atomic E-state index is 14.0. The quantitative estimate of drug-likeness (QED) is 0.162. The molecule has 2 atom stereocenters. The largest absolute Gasteiger partial charge is 0.598 e. The maximum absolute atomic E-state index is 14.0. The number of ether oxygens (including phenoxy) is 2. The van der Waals surface area contributed by atoms with Crippen molar-refractivity contribution in [2.45, 2.75) is 51.5 Å². The number of carbonyl (C=O) groups is 1. The molecule has 0 bridgehead atoms. The standard InChI is InChI=1S/C31H34FNO5S/c1-5-36-29(34)18-24-9-6-7-12-28(24)38-20-21-15-25-13-14-37-30(25)26(16-21)22-10-8-11-23(17-22)27(19-32)33-39(35)31(2,3)4/h6-17,27,33H,5,18-20H2,1-4H3. The molecule has 0 aliphatic heterocycles. The molecule has 0 amide bonds. The highest BCUT2D eigenvalue weighted by molar-refractivity contribution is 7.90. The number of halogens is 1. The highest BCUT2D eigenvalue weighted by Crippen LogP contribution is 2.33. The molecule has 0 fully saturated rings. The van der Waals surface area contributed by atoms with Gasteiger partial charge in [0.15, 0.2) is 0 Å². The van der Waals surface area contributed by atoms with Gasteiger partial charge in [0.05, 0.1) is 19.3 Å². The Labute approximate surface area is 231 Å². The molecule has 0 radical (unpaired) electrons. The van der Waals surface area contributed by atoms with Crippen molar-refractivity contribution in [3.63, 3.8) is 0 Å². The minimum atomic E-state index is -1.42. The number of rotatable bonds is 11. The van der Waals surface area contributed by atoms with E-state index >= 15 is 0 Å². The first kappa shape index (κ1) is 28.7. The molecule has 39 heavy (non-hydrogen) atoms. The molecule has 0 saturated carbocycles. The van der Waals surface area contributed by atoms with Crippen LogP contribution in [0.1, 0.15) is 50.4 Å². The zero-order chi connectivity index (χ0) is 28.0. The minimum Gasteiger partial charge on any atom is -0.598 e. The van der Waals surface area contributed by atoms with E-state index in [9.17, 15) is 13.7 Å². The fourth-order valence-corrected chi connectivity index (χ4v) is 4.99. The summed E-state index contributed by atoms with van der Waals surface area (Å²) < 4.78 is 46.1. The van der Waals surface area contributed by atoms with Crippen LogP contribution in [0.5, 0.6) is 5.75 Å². The number of furan rings is 1. The molecule has 0 saturated heterocycles. The molecule has 1 N–H and O–H groups in total. The highest BCUT2D eigenvalue weighted by Gasteiger charge is 2.30. The predicted molar refractivity (Wildman–Crippen MR) is 153 cm³/mol.